The molecule has 1 fully saturated rings. The lowest BCUT2D eigenvalue weighted by molar-refractivity contribution is 0.0252. The molecule has 1 aromatic carbocycles. The van der Waals surface area contributed by atoms with E-state index < -0.39 is 6.09 Å². The summed E-state index contributed by atoms with van der Waals surface area (Å²) in [5.74, 6) is 0.722. The van der Waals surface area contributed by atoms with Gasteiger partial charge in [0.05, 0.1) is 13.1 Å². The van der Waals surface area contributed by atoms with Crippen molar-refractivity contribution in [3.05, 3.63) is 24.3 Å². The molecule has 2 rings (SSSR count). The maximum atomic E-state index is 10.5. The van der Waals surface area contributed by atoms with Crippen molar-refractivity contribution in [2.75, 3.05) is 18.8 Å². The number of nitrogens with zero attached hydrogens (tertiary/aromatic N) is 1. The normalized spacial score (nSPS) is 15.9. The molecule has 0 spiro atoms. The van der Waals surface area contributed by atoms with Crippen LogP contribution in [-0.4, -0.2) is 35.3 Å². The zero-order valence-electron chi connectivity index (χ0n) is 8.09. The topological polar surface area (TPSA) is 75.8 Å². The second kappa shape index (κ2) is 3.68. The highest BCUT2D eigenvalue weighted by Crippen LogP contribution is 2.19. The van der Waals surface area contributed by atoms with Crippen molar-refractivity contribution >= 4 is 11.8 Å². The molecule has 5 heteroatoms. The van der Waals surface area contributed by atoms with Crippen LogP contribution in [0.3, 0.4) is 0 Å². The number of hydrogen-bond acceptors (Lipinski definition) is 3. The van der Waals surface area contributed by atoms with Crippen molar-refractivity contribution in [3.63, 3.8) is 0 Å². The SMILES string of the molecule is Nc1ccc(OC2CN(C(=O)O)C2)cc1. The van der Waals surface area contributed by atoms with Crippen molar-refractivity contribution in [3.8, 4) is 5.75 Å². The Bertz CT molecular complexity index is 357. The van der Waals surface area contributed by atoms with E-state index in [4.69, 9.17) is 15.6 Å². The van der Waals surface area contributed by atoms with Crippen molar-refractivity contribution in [2.24, 2.45) is 0 Å². The standard InChI is InChI=1S/C10H12N2O3/c11-7-1-3-8(4-2-7)15-9-5-12(6-9)10(13)14/h1-4,9H,5-6,11H2,(H,13,14). The maximum absolute atomic E-state index is 10.5. The average molecular weight is 208 g/mol. The number of hydrogen-bond donors (Lipinski definition) is 2. The van der Waals surface area contributed by atoms with Crippen molar-refractivity contribution < 1.29 is 14.6 Å². The molecule has 15 heavy (non-hydrogen) atoms. The molecule has 0 aromatic heterocycles. The molecule has 3 N–H and O–H groups in total. The first-order chi connectivity index (χ1) is 7.15. The van der Waals surface area contributed by atoms with E-state index in [0.717, 1.165) is 5.75 Å². The molecule has 1 aliphatic heterocycles. The van der Waals surface area contributed by atoms with Crippen molar-refractivity contribution in [2.45, 2.75) is 6.10 Å². The molecule has 1 saturated heterocycles. The molecule has 1 heterocycles. The highest BCUT2D eigenvalue weighted by atomic mass is 16.5. The Balaban J connectivity index is 1.85. The predicted molar refractivity (Wildman–Crippen MR) is 54.9 cm³/mol. The molecule has 0 bridgehead atoms. The van der Waals surface area contributed by atoms with Crippen molar-refractivity contribution in [1.29, 1.82) is 0 Å². The predicted octanol–water partition coefficient (Wildman–Crippen LogP) is 1.01. The van der Waals surface area contributed by atoms with Crippen LogP contribution in [0.5, 0.6) is 5.75 Å². The van der Waals surface area contributed by atoms with E-state index in [2.05, 4.69) is 0 Å². The fourth-order valence-corrected chi connectivity index (χ4v) is 1.41. The van der Waals surface area contributed by atoms with E-state index in [1.54, 1.807) is 24.3 Å². The lowest BCUT2D eigenvalue weighted by Gasteiger charge is -2.36. The van der Waals surface area contributed by atoms with Crippen LogP contribution in [0.15, 0.2) is 24.3 Å². The smallest absolute Gasteiger partial charge is 0.407 e. The Kier molecular flexibility index (Phi) is 2.37. The van der Waals surface area contributed by atoms with Crippen molar-refractivity contribution in [1.82, 2.24) is 4.90 Å². The van der Waals surface area contributed by atoms with Gasteiger partial charge in [0.25, 0.3) is 0 Å². The molecule has 1 aromatic rings. The first-order valence-electron chi connectivity index (χ1n) is 4.65. The number of rotatable bonds is 2. The molecule has 1 aliphatic rings. The molecule has 0 saturated carbocycles. The molecule has 0 atom stereocenters. The highest BCUT2D eigenvalue weighted by molar-refractivity contribution is 5.66. The Hall–Kier alpha value is -1.91. The van der Waals surface area contributed by atoms with Gasteiger partial charge in [-0.2, -0.15) is 0 Å². The number of amides is 1. The minimum Gasteiger partial charge on any atom is -0.487 e. The third kappa shape index (κ3) is 2.12. The first kappa shape index (κ1) is 9.64. The Morgan fingerprint density at radius 2 is 2.00 bits per heavy atom. The minimum absolute atomic E-state index is 0.0373. The zero-order valence-corrected chi connectivity index (χ0v) is 8.09. The van der Waals surface area contributed by atoms with E-state index in [1.807, 2.05) is 0 Å². The van der Waals surface area contributed by atoms with Crippen LogP contribution < -0.4 is 10.5 Å². The van der Waals surface area contributed by atoms with Gasteiger partial charge < -0.3 is 20.5 Å². The van der Waals surface area contributed by atoms with Crippen LogP contribution in [0, 0.1) is 0 Å². The number of likely N-dealkylation sites (tertiary alicyclic amines) is 1. The van der Waals surface area contributed by atoms with Gasteiger partial charge in [0.2, 0.25) is 0 Å². The maximum Gasteiger partial charge on any atom is 0.407 e. The van der Waals surface area contributed by atoms with Gasteiger partial charge in [0.1, 0.15) is 11.9 Å². The number of nitrogens with two attached hydrogens (primary N) is 1. The van der Waals surface area contributed by atoms with Crippen LogP contribution in [-0.2, 0) is 0 Å². The fraction of sp³-hybridized carbons (Fsp3) is 0.300. The fourth-order valence-electron chi connectivity index (χ4n) is 1.41. The largest absolute Gasteiger partial charge is 0.487 e. The third-order valence-corrected chi connectivity index (χ3v) is 2.30. The zero-order chi connectivity index (χ0) is 10.8. The summed E-state index contributed by atoms with van der Waals surface area (Å²) in [7, 11) is 0. The van der Waals surface area contributed by atoms with Crippen LogP contribution in [0.25, 0.3) is 0 Å². The molecule has 0 unspecified atom stereocenters. The Morgan fingerprint density at radius 1 is 1.40 bits per heavy atom. The van der Waals surface area contributed by atoms with Crippen LogP contribution in [0.1, 0.15) is 0 Å². The number of nitrogen functional groups attached to an aromatic ring is 1. The molecular weight excluding hydrogens is 196 g/mol. The number of ether oxygens (including phenoxy) is 1. The summed E-state index contributed by atoms with van der Waals surface area (Å²) < 4.78 is 5.53. The highest BCUT2D eigenvalue weighted by Gasteiger charge is 2.31. The summed E-state index contributed by atoms with van der Waals surface area (Å²) in [5, 5.41) is 8.61. The van der Waals surface area contributed by atoms with E-state index in [0.29, 0.717) is 18.8 Å². The summed E-state index contributed by atoms with van der Waals surface area (Å²) in [6, 6.07) is 7.06. The van der Waals surface area contributed by atoms with E-state index in [-0.39, 0.29) is 6.10 Å². The van der Waals surface area contributed by atoms with Gasteiger partial charge in [-0.1, -0.05) is 0 Å². The summed E-state index contributed by atoms with van der Waals surface area (Å²) in [6.45, 7) is 0.861. The Morgan fingerprint density at radius 3 is 2.53 bits per heavy atom. The summed E-state index contributed by atoms with van der Waals surface area (Å²) in [5.41, 5.74) is 6.21. The van der Waals surface area contributed by atoms with Crippen LogP contribution >= 0.6 is 0 Å². The number of anilines is 1. The summed E-state index contributed by atoms with van der Waals surface area (Å²) >= 11 is 0. The van der Waals surface area contributed by atoms with Crippen LogP contribution in [0.2, 0.25) is 0 Å². The quantitative estimate of drug-likeness (QED) is 0.711. The van der Waals surface area contributed by atoms with Gasteiger partial charge in [-0.05, 0) is 24.3 Å². The summed E-state index contributed by atoms with van der Waals surface area (Å²) in [6.07, 6.45) is -0.933. The average Bonchev–Trinajstić information content (AvgIpc) is 2.13. The Labute approximate surface area is 87.1 Å². The summed E-state index contributed by atoms with van der Waals surface area (Å²) in [4.78, 5) is 11.8. The van der Waals surface area contributed by atoms with E-state index in [9.17, 15) is 4.79 Å². The second-order valence-electron chi connectivity index (χ2n) is 3.50. The second-order valence-corrected chi connectivity index (χ2v) is 3.50. The third-order valence-electron chi connectivity index (χ3n) is 2.30. The molecule has 80 valence electrons. The van der Waals surface area contributed by atoms with Gasteiger partial charge >= 0.3 is 6.09 Å². The lowest BCUT2D eigenvalue weighted by atomic mass is 10.2. The number of benzene rings is 1. The monoisotopic (exact) mass is 208 g/mol. The minimum atomic E-state index is -0.896. The van der Waals surface area contributed by atoms with Gasteiger partial charge in [-0.3, -0.25) is 0 Å². The molecule has 1 amide bonds. The van der Waals surface area contributed by atoms with Gasteiger partial charge in [0.15, 0.2) is 0 Å². The molecular formula is C10H12N2O3. The number of carboxylic acid groups (broad SMARTS) is 1. The lowest BCUT2D eigenvalue weighted by Crippen LogP contribution is -2.55. The number of carbonyl (C=O) groups is 1. The molecule has 5 nitrogen and oxygen atoms in total. The van der Waals surface area contributed by atoms with Gasteiger partial charge in [-0.15, -0.1) is 0 Å². The van der Waals surface area contributed by atoms with Crippen LogP contribution in [0.4, 0.5) is 10.5 Å². The first-order valence-corrected chi connectivity index (χ1v) is 4.65. The molecule has 0 radical (unpaired) electrons. The van der Waals surface area contributed by atoms with E-state index in [1.165, 1.54) is 4.90 Å². The molecule has 0 aliphatic carbocycles. The van der Waals surface area contributed by atoms with Gasteiger partial charge in [-0.25, -0.2) is 4.79 Å². The van der Waals surface area contributed by atoms with Gasteiger partial charge in [0, 0.05) is 5.69 Å². The van der Waals surface area contributed by atoms with E-state index >= 15 is 0 Å².